The van der Waals surface area contributed by atoms with Gasteiger partial charge in [0.15, 0.2) is 0 Å². The fraction of sp³-hybridized carbons (Fsp3) is 0.533. The molecule has 20 heavy (non-hydrogen) atoms. The zero-order valence-electron chi connectivity index (χ0n) is 11.9. The number of ether oxygens (including phenoxy) is 1. The minimum Gasteiger partial charge on any atom is -0.380 e. The predicted molar refractivity (Wildman–Crippen MR) is 82.1 cm³/mol. The Morgan fingerprint density at radius 2 is 2.10 bits per heavy atom. The van der Waals surface area contributed by atoms with E-state index in [0.717, 1.165) is 43.6 Å². The number of methoxy groups -OCH3 is 1. The van der Waals surface area contributed by atoms with Gasteiger partial charge in [-0.25, -0.2) is 0 Å². The highest BCUT2D eigenvalue weighted by Gasteiger charge is 2.22. The van der Waals surface area contributed by atoms with Gasteiger partial charge in [-0.3, -0.25) is 4.79 Å². The summed E-state index contributed by atoms with van der Waals surface area (Å²) in [5.41, 5.74) is 7.46. The number of halogens is 1. The SMILES string of the molecule is COCc1cccc(C(=O)N2CCC(CN)CC2)c1.Cl. The molecule has 5 heteroatoms. The highest BCUT2D eigenvalue weighted by Crippen LogP contribution is 2.18. The van der Waals surface area contributed by atoms with E-state index < -0.39 is 0 Å². The number of likely N-dealkylation sites (tertiary alicyclic amines) is 1. The summed E-state index contributed by atoms with van der Waals surface area (Å²) in [6.45, 7) is 2.89. The van der Waals surface area contributed by atoms with Crippen molar-refractivity contribution < 1.29 is 9.53 Å². The molecule has 0 aromatic heterocycles. The number of benzene rings is 1. The van der Waals surface area contributed by atoms with Crippen LogP contribution >= 0.6 is 12.4 Å². The molecule has 0 saturated carbocycles. The Balaban J connectivity index is 0.00000200. The lowest BCUT2D eigenvalue weighted by molar-refractivity contribution is 0.0693. The van der Waals surface area contributed by atoms with E-state index >= 15 is 0 Å². The number of nitrogens with two attached hydrogens (primary N) is 1. The van der Waals surface area contributed by atoms with Crippen molar-refractivity contribution in [2.75, 3.05) is 26.7 Å². The zero-order valence-corrected chi connectivity index (χ0v) is 12.7. The number of hydrogen-bond acceptors (Lipinski definition) is 3. The molecule has 1 aromatic rings. The van der Waals surface area contributed by atoms with Gasteiger partial charge in [-0.15, -0.1) is 12.4 Å². The second-order valence-corrected chi connectivity index (χ2v) is 5.10. The molecule has 0 radical (unpaired) electrons. The standard InChI is InChI=1S/C15H22N2O2.ClH/c1-19-11-13-3-2-4-14(9-13)15(18)17-7-5-12(10-16)6-8-17;/h2-4,9,12H,5-8,10-11,16H2,1H3;1H. The maximum Gasteiger partial charge on any atom is 0.253 e. The van der Waals surface area contributed by atoms with E-state index in [-0.39, 0.29) is 18.3 Å². The van der Waals surface area contributed by atoms with Crippen LogP contribution in [0, 0.1) is 5.92 Å². The molecule has 0 spiro atoms. The quantitative estimate of drug-likeness (QED) is 0.926. The summed E-state index contributed by atoms with van der Waals surface area (Å²) in [6.07, 6.45) is 2.03. The normalized spacial score (nSPS) is 15.8. The van der Waals surface area contributed by atoms with Gasteiger partial charge < -0.3 is 15.4 Å². The second kappa shape index (κ2) is 8.25. The lowest BCUT2D eigenvalue weighted by Gasteiger charge is -2.31. The van der Waals surface area contributed by atoms with Crippen molar-refractivity contribution in [3.05, 3.63) is 35.4 Å². The predicted octanol–water partition coefficient (Wildman–Crippen LogP) is 2.07. The van der Waals surface area contributed by atoms with E-state index in [1.165, 1.54) is 0 Å². The third kappa shape index (κ3) is 4.20. The van der Waals surface area contributed by atoms with Gasteiger partial charge in [-0.2, -0.15) is 0 Å². The van der Waals surface area contributed by atoms with Crippen LogP contribution in [0.2, 0.25) is 0 Å². The molecule has 1 heterocycles. The molecule has 2 N–H and O–H groups in total. The van der Waals surface area contributed by atoms with Crippen molar-refractivity contribution in [1.82, 2.24) is 4.90 Å². The molecule has 0 aliphatic carbocycles. The Morgan fingerprint density at radius 3 is 2.70 bits per heavy atom. The Bertz CT molecular complexity index is 432. The molecule has 1 aliphatic heterocycles. The Kier molecular flexibility index (Phi) is 6.99. The minimum absolute atomic E-state index is 0. The molecule has 0 bridgehead atoms. The molecular formula is C15H23ClN2O2. The van der Waals surface area contributed by atoms with E-state index in [2.05, 4.69) is 0 Å². The first-order valence-corrected chi connectivity index (χ1v) is 6.82. The van der Waals surface area contributed by atoms with Crippen LogP contribution in [0.4, 0.5) is 0 Å². The summed E-state index contributed by atoms with van der Waals surface area (Å²) in [5.74, 6) is 0.692. The fourth-order valence-corrected chi connectivity index (χ4v) is 2.52. The largest absolute Gasteiger partial charge is 0.380 e. The number of carbonyl (C=O) groups excluding carboxylic acids is 1. The summed E-state index contributed by atoms with van der Waals surface area (Å²) in [6, 6.07) is 7.67. The van der Waals surface area contributed by atoms with Crippen LogP contribution in [0.25, 0.3) is 0 Å². The second-order valence-electron chi connectivity index (χ2n) is 5.10. The summed E-state index contributed by atoms with van der Waals surface area (Å²) < 4.78 is 5.10. The number of hydrogen-bond donors (Lipinski definition) is 1. The molecule has 1 saturated heterocycles. The number of nitrogens with zero attached hydrogens (tertiary/aromatic N) is 1. The zero-order chi connectivity index (χ0) is 13.7. The Labute approximate surface area is 126 Å². The maximum atomic E-state index is 12.4. The molecule has 1 fully saturated rings. The first-order valence-electron chi connectivity index (χ1n) is 6.82. The van der Waals surface area contributed by atoms with Gasteiger partial charge in [0.2, 0.25) is 0 Å². The third-order valence-corrected chi connectivity index (χ3v) is 3.72. The topological polar surface area (TPSA) is 55.6 Å². The summed E-state index contributed by atoms with van der Waals surface area (Å²) in [5, 5.41) is 0. The van der Waals surface area contributed by atoms with Crippen LogP contribution in [0.15, 0.2) is 24.3 Å². The smallest absolute Gasteiger partial charge is 0.253 e. The van der Waals surface area contributed by atoms with E-state index in [4.69, 9.17) is 10.5 Å². The Morgan fingerprint density at radius 1 is 1.40 bits per heavy atom. The van der Waals surface area contributed by atoms with Crippen molar-refractivity contribution in [3.8, 4) is 0 Å². The lowest BCUT2D eigenvalue weighted by Crippen LogP contribution is -2.40. The molecule has 2 rings (SSSR count). The number of rotatable bonds is 4. The third-order valence-electron chi connectivity index (χ3n) is 3.72. The van der Waals surface area contributed by atoms with Crippen molar-refractivity contribution in [2.45, 2.75) is 19.4 Å². The van der Waals surface area contributed by atoms with Gasteiger partial charge in [0.25, 0.3) is 5.91 Å². The summed E-state index contributed by atoms with van der Waals surface area (Å²) in [4.78, 5) is 14.3. The van der Waals surface area contributed by atoms with Crippen LogP contribution in [-0.4, -0.2) is 37.6 Å². The molecule has 1 aromatic carbocycles. The molecule has 1 amide bonds. The van der Waals surface area contributed by atoms with Crippen molar-refractivity contribution in [1.29, 1.82) is 0 Å². The molecule has 112 valence electrons. The van der Waals surface area contributed by atoms with Crippen LogP contribution in [0.1, 0.15) is 28.8 Å². The molecule has 0 unspecified atom stereocenters. The van der Waals surface area contributed by atoms with Crippen LogP contribution in [-0.2, 0) is 11.3 Å². The molecule has 4 nitrogen and oxygen atoms in total. The van der Waals surface area contributed by atoms with Crippen LogP contribution in [0.3, 0.4) is 0 Å². The number of piperidine rings is 1. The van der Waals surface area contributed by atoms with Crippen LogP contribution in [0.5, 0.6) is 0 Å². The summed E-state index contributed by atoms with van der Waals surface area (Å²) >= 11 is 0. The number of carbonyl (C=O) groups is 1. The van der Waals surface area contributed by atoms with E-state index in [9.17, 15) is 4.79 Å². The highest BCUT2D eigenvalue weighted by molar-refractivity contribution is 5.94. The summed E-state index contributed by atoms with van der Waals surface area (Å²) in [7, 11) is 1.66. The average molecular weight is 299 g/mol. The van der Waals surface area contributed by atoms with E-state index in [1.807, 2.05) is 29.2 Å². The van der Waals surface area contributed by atoms with Gasteiger partial charge in [0.1, 0.15) is 0 Å². The molecular weight excluding hydrogens is 276 g/mol. The van der Waals surface area contributed by atoms with Crippen LogP contribution < -0.4 is 5.73 Å². The highest BCUT2D eigenvalue weighted by atomic mass is 35.5. The van der Waals surface area contributed by atoms with Gasteiger partial charge in [0, 0.05) is 25.8 Å². The fourth-order valence-electron chi connectivity index (χ4n) is 2.52. The first-order chi connectivity index (χ1) is 9.24. The van der Waals surface area contributed by atoms with Crippen molar-refractivity contribution >= 4 is 18.3 Å². The van der Waals surface area contributed by atoms with Gasteiger partial charge in [-0.1, -0.05) is 12.1 Å². The lowest BCUT2D eigenvalue weighted by atomic mass is 9.96. The van der Waals surface area contributed by atoms with Gasteiger partial charge in [0.05, 0.1) is 6.61 Å². The van der Waals surface area contributed by atoms with Crippen molar-refractivity contribution in [2.24, 2.45) is 11.7 Å². The minimum atomic E-state index is 0. The monoisotopic (exact) mass is 298 g/mol. The molecule has 0 atom stereocenters. The average Bonchev–Trinajstić information content (AvgIpc) is 2.47. The Hall–Kier alpha value is -1.10. The number of amides is 1. The van der Waals surface area contributed by atoms with Crippen molar-refractivity contribution in [3.63, 3.8) is 0 Å². The molecule has 1 aliphatic rings. The van der Waals surface area contributed by atoms with E-state index in [1.54, 1.807) is 7.11 Å². The van der Waals surface area contributed by atoms with Gasteiger partial charge in [-0.05, 0) is 43.0 Å². The van der Waals surface area contributed by atoms with Gasteiger partial charge >= 0.3 is 0 Å². The first kappa shape index (κ1) is 17.0. The maximum absolute atomic E-state index is 12.4. The van der Waals surface area contributed by atoms with E-state index in [0.29, 0.717) is 12.5 Å².